The first-order chi connectivity index (χ1) is 62.5. The second-order valence-electron chi connectivity index (χ2n) is 27.1. The molecular weight excluding hydrogens is 1640 g/mol. The van der Waals surface area contributed by atoms with Gasteiger partial charge in [-0.15, -0.1) is 10.2 Å². The third-order valence-corrected chi connectivity index (χ3v) is 16.8. The molecule has 6 aromatic rings. The lowest BCUT2D eigenvalue weighted by Crippen LogP contribution is -2.15. The molecule has 4 aromatic carbocycles. The molecule has 0 saturated heterocycles. The average Bonchev–Trinajstić information content (AvgIpc) is 1.09. The molecule has 0 unspecified atom stereocenters. The van der Waals surface area contributed by atoms with E-state index in [-0.39, 0.29) is 0 Å². The zero-order valence-electron chi connectivity index (χ0n) is 73.8. The highest BCUT2D eigenvalue weighted by Crippen LogP contribution is 2.14. The van der Waals surface area contributed by atoms with Gasteiger partial charge in [0.15, 0.2) is 0 Å². The Hall–Kier alpha value is -7.89. The molecule has 0 N–H and O–H groups in total. The molecule has 698 valence electrons. The van der Waals surface area contributed by atoms with Crippen LogP contribution in [0.4, 0.5) is 0 Å². The van der Waals surface area contributed by atoms with E-state index in [4.69, 9.17) is 129 Å². The molecule has 2 heterocycles. The first-order valence-electron chi connectivity index (χ1n) is 43.2. The number of aryl methyl sites for hydroxylation is 2. The Bertz CT molecular complexity index is 3720. The SMILES string of the molecule is Cc1cn(CCOCCOCCOCCOCCOCCOCCOCCOCCOCCOCCOCCOCc2ccc(C#Cc3cc(C#Cc4ccc(COCCOCCOCCOCCOCCOCCOCCOCCOCCOCCOCCOCCN=[N+]=[N-])cc4)cc(C#Cc4ccc(COCCOCCn5cc(C)nn5)cc4)c3)cc2)nn1. The summed E-state index contributed by atoms with van der Waals surface area (Å²) in [6, 6.07) is 30.0. The van der Waals surface area contributed by atoms with E-state index in [0.29, 0.717) is 363 Å². The van der Waals surface area contributed by atoms with Gasteiger partial charge >= 0.3 is 0 Å². The Morgan fingerprint density at radius 1 is 0.238 bits per heavy atom. The van der Waals surface area contributed by atoms with Crippen molar-refractivity contribution in [2.75, 3.05) is 330 Å². The van der Waals surface area contributed by atoms with Gasteiger partial charge in [0.2, 0.25) is 0 Å². The third-order valence-electron chi connectivity index (χ3n) is 16.8. The molecule has 0 aliphatic carbocycles. The predicted octanol–water partition coefficient (Wildman–Crippen LogP) is 7.33. The van der Waals surface area contributed by atoms with E-state index in [2.05, 4.69) is 66.2 Å². The number of rotatable bonds is 84. The number of ether oxygens (including phenoxy) is 26. The summed E-state index contributed by atoms with van der Waals surface area (Å²) in [6.45, 7) is 29.9. The van der Waals surface area contributed by atoms with Crippen LogP contribution >= 0.6 is 0 Å². The lowest BCUT2D eigenvalue weighted by Gasteiger charge is -2.09. The largest absolute Gasteiger partial charge is 0.379 e. The number of hydrogen-bond acceptors (Lipinski definition) is 31. The van der Waals surface area contributed by atoms with Crippen LogP contribution in [0, 0.1) is 49.4 Å². The molecule has 0 saturated carbocycles. The lowest BCUT2D eigenvalue weighted by atomic mass is 10.0. The van der Waals surface area contributed by atoms with Crippen molar-refractivity contribution >= 4 is 0 Å². The van der Waals surface area contributed by atoms with Gasteiger partial charge in [-0.1, -0.05) is 87.5 Å². The van der Waals surface area contributed by atoms with Gasteiger partial charge < -0.3 is 123 Å². The van der Waals surface area contributed by atoms with E-state index in [0.717, 1.165) is 61.5 Å². The minimum Gasteiger partial charge on any atom is -0.379 e. The summed E-state index contributed by atoms with van der Waals surface area (Å²) < 4.78 is 149. The molecule has 2 aromatic heterocycles. The molecule has 0 bridgehead atoms. The summed E-state index contributed by atoms with van der Waals surface area (Å²) in [6.07, 6.45) is 3.77. The Labute approximate surface area is 742 Å². The summed E-state index contributed by atoms with van der Waals surface area (Å²) in [5.74, 6) is 20.1. The average molecular weight is 1770 g/mol. The summed E-state index contributed by atoms with van der Waals surface area (Å²) in [5, 5.41) is 19.4. The molecule has 0 fully saturated rings. The van der Waals surface area contributed by atoms with E-state index in [1.165, 1.54) is 0 Å². The normalized spacial score (nSPS) is 11.3. The monoisotopic (exact) mass is 1770 g/mol. The van der Waals surface area contributed by atoms with Gasteiger partial charge in [0.1, 0.15) is 0 Å². The van der Waals surface area contributed by atoms with E-state index in [9.17, 15) is 0 Å². The minimum atomic E-state index is 0.314. The third kappa shape index (κ3) is 62.3. The minimum absolute atomic E-state index is 0.314. The van der Waals surface area contributed by atoms with E-state index in [1.54, 1.807) is 9.36 Å². The maximum Gasteiger partial charge on any atom is 0.0796 e. The van der Waals surface area contributed by atoms with E-state index < -0.39 is 0 Å². The molecule has 0 aliphatic heterocycles. The second-order valence-corrected chi connectivity index (χ2v) is 27.1. The Kier molecular flexibility index (Phi) is 67.3. The molecule has 35 nitrogen and oxygen atoms in total. The standard InChI is InChI=1S/C91H133N9O26/c1-81-76-99(97-94-81)22-25-102-28-30-105-32-34-107-36-38-109-40-42-111-44-46-113-48-50-115-52-54-117-56-58-119-60-62-121-64-66-123-69-72-126-80-88-16-7-85(8-17-88)11-20-91-74-89(18-9-83-3-12-86(13-4-83)78-124-70-67-103-26-23-100-77-82(2)95-98-100)73-90(75-91)19-10-84-5-14-87(15-6-84)79-125-71-68-122-65-63-120-61-59-118-57-55-116-53-51-114-49-47-112-45-43-110-41-39-108-37-35-106-33-31-104-29-27-101-24-21-93-96-92/h3-8,12-17,73-77H,21-72,78-80H2,1-2H3. The Morgan fingerprint density at radius 3 is 0.595 bits per heavy atom. The van der Waals surface area contributed by atoms with Gasteiger partial charge in [-0.05, 0) is 90.7 Å². The number of hydrogen-bond donors (Lipinski definition) is 0. The smallest absolute Gasteiger partial charge is 0.0796 e. The molecule has 0 amide bonds. The Morgan fingerprint density at radius 2 is 0.413 bits per heavy atom. The number of azide groups is 1. The van der Waals surface area contributed by atoms with Crippen molar-refractivity contribution < 1.29 is 123 Å². The van der Waals surface area contributed by atoms with Crippen LogP contribution in [0.2, 0.25) is 0 Å². The van der Waals surface area contributed by atoms with Gasteiger partial charge in [0, 0.05) is 57.2 Å². The fourth-order valence-corrected chi connectivity index (χ4v) is 10.4. The quantitative estimate of drug-likeness (QED) is 0.0118. The molecule has 0 spiro atoms. The van der Waals surface area contributed by atoms with Crippen molar-refractivity contribution in [2.45, 2.75) is 46.8 Å². The van der Waals surface area contributed by atoms with Crippen LogP contribution in [0.1, 0.15) is 61.5 Å². The number of benzene rings is 4. The maximum absolute atomic E-state index is 8.22. The zero-order valence-corrected chi connectivity index (χ0v) is 73.8. The summed E-state index contributed by atoms with van der Waals surface area (Å²) in [7, 11) is 0. The number of aromatic nitrogens is 6. The van der Waals surface area contributed by atoms with Crippen LogP contribution in [0.5, 0.6) is 0 Å². The summed E-state index contributed by atoms with van der Waals surface area (Å²) >= 11 is 0. The topological polar surface area (TPSA) is 350 Å². The second kappa shape index (κ2) is 79.3. The summed E-state index contributed by atoms with van der Waals surface area (Å²) in [4.78, 5) is 2.66. The maximum atomic E-state index is 8.22. The van der Waals surface area contributed by atoms with Crippen molar-refractivity contribution in [3.05, 3.63) is 175 Å². The molecule has 126 heavy (non-hydrogen) atoms. The van der Waals surface area contributed by atoms with Crippen molar-refractivity contribution in [3.63, 3.8) is 0 Å². The van der Waals surface area contributed by atoms with Crippen molar-refractivity contribution in [1.82, 2.24) is 30.0 Å². The molecular formula is C91H133N9O26. The molecule has 0 radical (unpaired) electrons. The summed E-state index contributed by atoms with van der Waals surface area (Å²) in [5.41, 5.74) is 18.0. The van der Waals surface area contributed by atoms with Crippen LogP contribution in [0.3, 0.4) is 0 Å². The molecule has 6 rings (SSSR count). The van der Waals surface area contributed by atoms with Gasteiger partial charge in [-0.25, -0.2) is 9.36 Å². The highest BCUT2D eigenvalue weighted by Gasteiger charge is 2.07. The number of nitrogens with zero attached hydrogens (tertiary/aromatic N) is 9. The molecule has 35 heteroatoms. The first kappa shape index (κ1) is 107. The van der Waals surface area contributed by atoms with Gasteiger partial charge in [-0.3, -0.25) is 0 Å². The van der Waals surface area contributed by atoms with Crippen LogP contribution in [0.15, 0.2) is 109 Å². The van der Waals surface area contributed by atoms with Crippen LogP contribution in [-0.4, -0.2) is 360 Å². The van der Waals surface area contributed by atoms with Crippen LogP contribution in [0.25, 0.3) is 10.4 Å². The van der Waals surface area contributed by atoms with Crippen LogP contribution < -0.4 is 0 Å². The predicted molar refractivity (Wildman–Crippen MR) is 465 cm³/mol. The van der Waals surface area contributed by atoms with Gasteiger partial charge in [-0.2, -0.15) is 0 Å². The lowest BCUT2D eigenvalue weighted by molar-refractivity contribution is -0.0285. The van der Waals surface area contributed by atoms with Gasteiger partial charge in [0.25, 0.3) is 0 Å². The van der Waals surface area contributed by atoms with Crippen LogP contribution in [-0.2, 0) is 156 Å². The van der Waals surface area contributed by atoms with Gasteiger partial charge in [0.05, 0.1) is 368 Å². The zero-order chi connectivity index (χ0) is 88.3. The molecule has 0 aliphatic rings. The Balaban J connectivity index is 0.736. The van der Waals surface area contributed by atoms with Crippen molar-refractivity contribution in [2.24, 2.45) is 5.11 Å². The van der Waals surface area contributed by atoms with Crippen molar-refractivity contribution in [3.8, 4) is 35.5 Å². The first-order valence-corrected chi connectivity index (χ1v) is 43.2. The highest BCUT2D eigenvalue weighted by molar-refractivity contribution is 5.55. The highest BCUT2D eigenvalue weighted by atomic mass is 16.6. The van der Waals surface area contributed by atoms with E-state index in [1.807, 2.05) is 117 Å². The fourth-order valence-electron chi connectivity index (χ4n) is 10.4. The van der Waals surface area contributed by atoms with E-state index >= 15 is 0 Å². The fraction of sp³-hybridized carbons (Fsp3) is 0.626. The molecule has 0 atom stereocenters. The van der Waals surface area contributed by atoms with Crippen molar-refractivity contribution in [1.29, 1.82) is 0 Å².